The van der Waals surface area contributed by atoms with Crippen LogP contribution in [0.4, 0.5) is 11.4 Å². The van der Waals surface area contributed by atoms with E-state index in [0.29, 0.717) is 11.3 Å². The lowest BCUT2D eigenvalue weighted by Crippen LogP contribution is -2.33. The number of benzene rings is 2. The second kappa shape index (κ2) is 5.84. The third-order valence-electron chi connectivity index (χ3n) is 4.54. The third-order valence-corrected chi connectivity index (χ3v) is 5.92. The molecule has 0 unspecified atom stereocenters. The molecule has 0 saturated heterocycles. The van der Waals surface area contributed by atoms with Crippen LogP contribution < -0.4 is 9.62 Å². The summed E-state index contributed by atoms with van der Waals surface area (Å²) in [6.45, 7) is 3.51. The highest BCUT2D eigenvalue weighted by Crippen LogP contribution is 2.41. The van der Waals surface area contributed by atoms with Crippen LogP contribution in [0.1, 0.15) is 29.8 Å². The molecule has 2 N–H and O–H groups in total. The molecular formula is C18H18N2O5S. The second-order valence-corrected chi connectivity index (χ2v) is 8.34. The van der Waals surface area contributed by atoms with Crippen molar-refractivity contribution in [3.05, 3.63) is 53.6 Å². The molecule has 1 amide bonds. The number of fused-ring (bicyclic) bond motifs is 1. The number of amides is 1. The Labute approximate surface area is 151 Å². The Bertz CT molecular complexity index is 1010. The van der Waals surface area contributed by atoms with E-state index in [1.807, 2.05) is 0 Å². The average molecular weight is 374 g/mol. The van der Waals surface area contributed by atoms with Crippen LogP contribution in [0, 0.1) is 0 Å². The first-order chi connectivity index (χ1) is 12.0. The predicted molar refractivity (Wildman–Crippen MR) is 97.1 cm³/mol. The van der Waals surface area contributed by atoms with Gasteiger partial charge in [0.25, 0.3) is 10.0 Å². The Kier molecular flexibility index (Phi) is 4.03. The summed E-state index contributed by atoms with van der Waals surface area (Å²) in [5.41, 5.74) is 0.842. The lowest BCUT2D eigenvalue weighted by molar-refractivity contribution is -0.121. The number of aromatic carboxylic acids is 1. The molecule has 0 aliphatic carbocycles. The molecule has 26 heavy (non-hydrogen) atoms. The van der Waals surface area contributed by atoms with Crippen LogP contribution in [0.3, 0.4) is 0 Å². The van der Waals surface area contributed by atoms with Crippen molar-refractivity contribution in [2.45, 2.75) is 24.2 Å². The maximum Gasteiger partial charge on any atom is 0.335 e. The summed E-state index contributed by atoms with van der Waals surface area (Å²) < 4.78 is 27.8. The number of nitrogens with zero attached hydrogens (tertiary/aromatic N) is 1. The first-order valence-corrected chi connectivity index (χ1v) is 9.31. The minimum atomic E-state index is -3.88. The van der Waals surface area contributed by atoms with Crippen molar-refractivity contribution in [3.63, 3.8) is 0 Å². The number of carboxylic acids is 1. The number of sulfonamides is 1. The molecule has 0 aromatic heterocycles. The zero-order valence-electron chi connectivity index (χ0n) is 14.5. The normalized spacial score (nSPS) is 15.7. The number of carbonyl (C=O) groups is 2. The van der Waals surface area contributed by atoms with Gasteiger partial charge < -0.3 is 10.0 Å². The van der Waals surface area contributed by atoms with Gasteiger partial charge in [0.1, 0.15) is 0 Å². The van der Waals surface area contributed by atoms with Crippen molar-refractivity contribution in [3.8, 4) is 0 Å². The molecule has 0 spiro atoms. The zero-order valence-corrected chi connectivity index (χ0v) is 15.3. The molecule has 0 fully saturated rings. The zero-order chi connectivity index (χ0) is 19.3. The van der Waals surface area contributed by atoms with E-state index >= 15 is 0 Å². The van der Waals surface area contributed by atoms with Crippen LogP contribution in [-0.4, -0.2) is 32.4 Å². The topological polar surface area (TPSA) is 104 Å². The molecule has 0 saturated carbocycles. The smallest absolute Gasteiger partial charge is 0.335 e. The van der Waals surface area contributed by atoms with Crippen molar-refractivity contribution >= 4 is 33.3 Å². The van der Waals surface area contributed by atoms with Gasteiger partial charge in [0.15, 0.2) is 0 Å². The monoisotopic (exact) mass is 374 g/mol. The van der Waals surface area contributed by atoms with Gasteiger partial charge in [-0.2, -0.15) is 0 Å². The molecule has 1 aliphatic rings. The minimum absolute atomic E-state index is 0.0368. The molecule has 1 aliphatic heterocycles. The second-order valence-electron chi connectivity index (χ2n) is 6.66. The van der Waals surface area contributed by atoms with Gasteiger partial charge in [0.2, 0.25) is 5.91 Å². The fourth-order valence-corrected chi connectivity index (χ4v) is 4.10. The molecule has 136 valence electrons. The minimum Gasteiger partial charge on any atom is -0.478 e. The number of carboxylic acid groups (broad SMARTS) is 1. The van der Waals surface area contributed by atoms with Gasteiger partial charge in [-0.05, 0) is 61.9 Å². The fraction of sp³-hybridized carbons (Fsp3) is 0.222. The van der Waals surface area contributed by atoms with Crippen molar-refractivity contribution in [2.75, 3.05) is 16.7 Å². The van der Waals surface area contributed by atoms with Crippen molar-refractivity contribution in [1.82, 2.24) is 0 Å². The average Bonchev–Trinajstić information content (AvgIpc) is 2.75. The Balaban J connectivity index is 1.95. The quantitative estimate of drug-likeness (QED) is 0.855. The summed E-state index contributed by atoms with van der Waals surface area (Å²) in [7, 11) is -2.22. The van der Waals surface area contributed by atoms with Gasteiger partial charge >= 0.3 is 5.97 Å². The van der Waals surface area contributed by atoms with Gasteiger partial charge in [-0.25, -0.2) is 13.2 Å². The number of rotatable bonds is 4. The van der Waals surface area contributed by atoms with Crippen LogP contribution in [0.5, 0.6) is 0 Å². The van der Waals surface area contributed by atoms with Crippen molar-refractivity contribution < 1.29 is 23.1 Å². The molecule has 2 aromatic carbocycles. The fourth-order valence-electron chi connectivity index (χ4n) is 3.01. The number of carbonyl (C=O) groups excluding carboxylic acids is 1. The highest BCUT2D eigenvalue weighted by Gasteiger charge is 2.42. The first kappa shape index (κ1) is 17.9. The Morgan fingerprint density at radius 3 is 2.31 bits per heavy atom. The van der Waals surface area contributed by atoms with Crippen molar-refractivity contribution in [2.24, 2.45) is 0 Å². The molecule has 2 aromatic rings. The van der Waals surface area contributed by atoms with Crippen LogP contribution >= 0.6 is 0 Å². The largest absolute Gasteiger partial charge is 0.478 e. The summed E-state index contributed by atoms with van der Waals surface area (Å²) in [6.07, 6.45) is 0. The number of anilines is 2. The lowest BCUT2D eigenvalue weighted by atomic mass is 9.86. The van der Waals surface area contributed by atoms with E-state index in [1.54, 1.807) is 27.0 Å². The number of nitrogens with one attached hydrogen (secondary N) is 1. The Morgan fingerprint density at radius 2 is 1.73 bits per heavy atom. The molecule has 7 nitrogen and oxygen atoms in total. The van der Waals surface area contributed by atoms with Gasteiger partial charge in [-0.1, -0.05) is 0 Å². The van der Waals surface area contributed by atoms with E-state index < -0.39 is 21.4 Å². The molecule has 3 rings (SSSR count). The third kappa shape index (κ3) is 2.82. The van der Waals surface area contributed by atoms with E-state index in [4.69, 9.17) is 5.11 Å². The first-order valence-electron chi connectivity index (χ1n) is 7.83. The standard InChI is InChI=1S/C18H18N2O5S/c1-18(2)14-10-13(8-9-15(14)20(3)17(18)23)26(24,25)19-12-6-4-11(5-7-12)16(21)22/h4-10,19H,1-3H3,(H,21,22). The van der Waals surface area contributed by atoms with Gasteiger partial charge in [-0.15, -0.1) is 0 Å². The number of hydrogen-bond acceptors (Lipinski definition) is 4. The van der Waals surface area contributed by atoms with E-state index in [1.165, 1.54) is 41.3 Å². The molecule has 0 atom stereocenters. The maximum atomic E-state index is 12.7. The van der Waals surface area contributed by atoms with Crippen LogP contribution in [0.15, 0.2) is 47.4 Å². The lowest BCUT2D eigenvalue weighted by Gasteiger charge is -2.17. The Hall–Kier alpha value is -2.87. The summed E-state index contributed by atoms with van der Waals surface area (Å²) >= 11 is 0. The molecule has 0 radical (unpaired) electrons. The van der Waals surface area contributed by atoms with Crippen LogP contribution in [0.25, 0.3) is 0 Å². The highest BCUT2D eigenvalue weighted by atomic mass is 32.2. The van der Waals surface area contributed by atoms with E-state index in [9.17, 15) is 18.0 Å². The van der Waals surface area contributed by atoms with Gasteiger partial charge in [0, 0.05) is 18.4 Å². The van der Waals surface area contributed by atoms with E-state index in [0.717, 1.165) is 0 Å². The summed E-state index contributed by atoms with van der Waals surface area (Å²) in [6, 6.07) is 9.97. The number of likely N-dealkylation sites (N-methyl/N-ethyl adjacent to an activating group) is 1. The molecule has 1 heterocycles. The SMILES string of the molecule is CN1C(=O)C(C)(C)c2cc(S(=O)(=O)Nc3ccc(C(=O)O)cc3)ccc21. The maximum absolute atomic E-state index is 12.7. The molecule has 0 bridgehead atoms. The van der Waals surface area contributed by atoms with E-state index in [2.05, 4.69) is 4.72 Å². The van der Waals surface area contributed by atoms with Crippen LogP contribution in [-0.2, 0) is 20.2 Å². The van der Waals surface area contributed by atoms with Gasteiger partial charge in [0.05, 0.1) is 15.9 Å². The predicted octanol–water partition coefficient (Wildman–Crippen LogP) is 2.44. The molecular weight excluding hydrogens is 356 g/mol. The van der Waals surface area contributed by atoms with Crippen molar-refractivity contribution in [1.29, 1.82) is 0 Å². The summed E-state index contributed by atoms with van der Waals surface area (Å²) in [4.78, 5) is 24.8. The highest BCUT2D eigenvalue weighted by molar-refractivity contribution is 7.92. The summed E-state index contributed by atoms with van der Waals surface area (Å²) in [5.74, 6) is -1.19. The van der Waals surface area contributed by atoms with Gasteiger partial charge in [-0.3, -0.25) is 9.52 Å². The molecule has 8 heteroatoms. The van der Waals surface area contributed by atoms with Crippen LogP contribution in [0.2, 0.25) is 0 Å². The Morgan fingerprint density at radius 1 is 1.12 bits per heavy atom. The number of hydrogen-bond donors (Lipinski definition) is 2. The summed E-state index contributed by atoms with van der Waals surface area (Å²) in [5, 5.41) is 8.90. The van der Waals surface area contributed by atoms with E-state index in [-0.39, 0.29) is 22.1 Å².